The van der Waals surface area contributed by atoms with Crippen molar-refractivity contribution in [2.75, 3.05) is 13.2 Å². The molecule has 0 aliphatic heterocycles. The molecule has 2 heteroatoms. The maximum absolute atomic E-state index is 6.01. The van der Waals surface area contributed by atoms with Gasteiger partial charge in [-0.25, -0.2) is 0 Å². The number of nitrogens with one attached hydrogen (secondary N) is 1. The Kier molecular flexibility index (Phi) is 7.70. The van der Waals surface area contributed by atoms with E-state index in [1.165, 1.54) is 44.9 Å². The fourth-order valence-corrected chi connectivity index (χ4v) is 2.48. The second kappa shape index (κ2) is 8.76. The molecule has 0 fully saturated rings. The fourth-order valence-electron chi connectivity index (χ4n) is 2.48. The molecule has 2 nitrogen and oxygen atoms in total. The Morgan fingerprint density at radius 1 is 1.21 bits per heavy atom. The summed E-state index contributed by atoms with van der Waals surface area (Å²) in [4.78, 5) is 0. The molecule has 1 aliphatic rings. The molecule has 1 aliphatic carbocycles. The van der Waals surface area contributed by atoms with Crippen LogP contribution in [0.2, 0.25) is 0 Å². The molecule has 0 amide bonds. The van der Waals surface area contributed by atoms with Gasteiger partial charge in [0.05, 0.1) is 18.2 Å². The van der Waals surface area contributed by atoms with Crippen LogP contribution >= 0.6 is 0 Å². The molecule has 1 unspecified atom stereocenters. The Labute approximate surface area is 120 Å². The highest BCUT2D eigenvalue weighted by Crippen LogP contribution is 2.21. The molecule has 0 aromatic carbocycles. The van der Waals surface area contributed by atoms with Gasteiger partial charge in [0.25, 0.3) is 0 Å². The zero-order valence-electron chi connectivity index (χ0n) is 13.4. The van der Waals surface area contributed by atoms with Crippen LogP contribution in [0.25, 0.3) is 0 Å². The fraction of sp³-hybridized carbons (Fsp3) is 0.882. The standard InChI is InChI=1S/C17H33NO/c1-5-13-18-16(14-19-17(2,3)4)15-11-9-7-6-8-10-12-15/h11,16,18H,5-10,12-14H2,1-4H3. The van der Waals surface area contributed by atoms with Crippen molar-refractivity contribution in [1.29, 1.82) is 0 Å². The van der Waals surface area contributed by atoms with Crippen LogP contribution in [-0.4, -0.2) is 24.8 Å². The summed E-state index contributed by atoms with van der Waals surface area (Å²) < 4.78 is 6.01. The molecule has 19 heavy (non-hydrogen) atoms. The molecule has 112 valence electrons. The SMILES string of the molecule is CCCNC(COC(C)(C)C)C1=CCCCCCC1. The minimum absolute atomic E-state index is 0.0473. The van der Waals surface area contributed by atoms with E-state index in [4.69, 9.17) is 4.74 Å². The number of hydrogen-bond donors (Lipinski definition) is 1. The Bertz CT molecular complexity index is 265. The van der Waals surface area contributed by atoms with E-state index in [0.717, 1.165) is 13.2 Å². The van der Waals surface area contributed by atoms with Gasteiger partial charge in [-0.15, -0.1) is 0 Å². The Morgan fingerprint density at radius 3 is 2.63 bits per heavy atom. The number of rotatable bonds is 6. The van der Waals surface area contributed by atoms with Crippen molar-refractivity contribution in [3.05, 3.63) is 11.6 Å². The lowest BCUT2D eigenvalue weighted by molar-refractivity contribution is -0.0105. The van der Waals surface area contributed by atoms with Crippen LogP contribution in [0.4, 0.5) is 0 Å². The van der Waals surface area contributed by atoms with E-state index in [-0.39, 0.29) is 5.60 Å². The largest absolute Gasteiger partial charge is 0.374 e. The second-order valence-corrected chi connectivity index (χ2v) is 6.66. The summed E-state index contributed by atoms with van der Waals surface area (Å²) in [7, 11) is 0. The first-order valence-corrected chi connectivity index (χ1v) is 8.09. The minimum atomic E-state index is -0.0473. The molecule has 1 rings (SSSR count). The van der Waals surface area contributed by atoms with Gasteiger partial charge < -0.3 is 10.1 Å². The highest BCUT2D eigenvalue weighted by atomic mass is 16.5. The number of hydrogen-bond acceptors (Lipinski definition) is 2. The summed E-state index contributed by atoms with van der Waals surface area (Å²) in [5, 5.41) is 3.67. The summed E-state index contributed by atoms with van der Waals surface area (Å²) in [6.07, 6.45) is 11.6. The van der Waals surface area contributed by atoms with Gasteiger partial charge in [0, 0.05) is 0 Å². The summed E-state index contributed by atoms with van der Waals surface area (Å²) in [6, 6.07) is 0.414. The van der Waals surface area contributed by atoms with E-state index in [2.05, 4.69) is 39.1 Å². The molecule has 0 bridgehead atoms. The first kappa shape index (κ1) is 16.7. The van der Waals surface area contributed by atoms with Gasteiger partial charge in [0.1, 0.15) is 0 Å². The zero-order chi connectivity index (χ0) is 14.1. The summed E-state index contributed by atoms with van der Waals surface area (Å²) in [5.74, 6) is 0. The third-order valence-electron chi connectivity index (χ3n) is 3.60. The van der Waals surface area contributed by atoms with E-state index < -0.39 is 0 Å². The second-order valence-electron chi connectivity index (χ2n) is 6.66. The van der Waals surface area contributed by atoms with Gasteiger partial charge in [-0.2, -0.15) is 0 Å². The van der Waals surface area contributed by atoms with Crippen LogP contribution in [-0.2, 0) is 4.74 Å². The topological polar surface area (TPSA) is 21.3 Å². The van der Waals surface area contributed by atoms with E-state index >= 15 is 0 Å². The minimum Gasteiger partial charge on any atom is -0.374 e. The molecule has 1 atom stereocenters. The van der Waals surface area contributed by atoms with Crippen LogP contribution < -0.4 is 5.32 Å². The van der Waals surface area contributed by atoms with E-state index in [0.29, 0.717) is 6.04 Å². The highest BCUT2D eigenvalue weighted by Gasteiger charge is 2.18. The summed E-state index contributed by atoms with van der Waals surface area (Å²) >= 11 is 0. The van der Waals surface area contributed by atoms with E-state index in [9.17, 15) is 0 Å². The summed E-state index contributed by atoms with van der Waals surface area (Å²) in [5.41, 5.74) is 1.53. The zero-order valence-corrected chi connectivity index (χ0v) is 13.4. The Balaban J connectivity index is 2.59. The van der Waals surface area contributed by atoms with Crippen LogP contribution in [0.1, 0.15) is 72.6 Å². The smallest absolute Gasteiger partial charge is 0.0665 e. The molecule has 0 aromatic heterocycles. The van der Waals surface area contributed by atoms with Gasteiger partial charge >= 0.3 is 0 Å². The van der Waals surface area contributed by atoms with Crippen molar-refractivity contribution >= 4 is 0 Å². The van der Waals surface area contributed by atoms with Gasteiger partial charge in [-0.1, -0.05) is 31.4 Å². The van der Waals surface area contributed by atoms with Crippen molar-refractivity contribution in [1.82, 2.24) is 5.32 Å². The average molecular weight is 267 g/mol. The Hall–Kier alpha value is -0.340. The van der Waals surface area contributed by atoms with Gasteiger partial charge in [0.15, 0.2) is 0 Å². The van der Waals surface area contributed by atoms with Gasteiger partial charge in [0.2, 0.25) is 0 Å². The third-order valence-corrected chi connectivity index (χ3v) is 3.60. The lowest BCUT2D eigenvalue weighted by Gasteiger charge is -2.28. The lowest BCUT2D eigenvalue weighted by atomic mass is 9.95. The monoisotopic (exact) mass is 267 g/mol. The molecule has 0 heterocycles. The Morgan fingerprint density at radius 2 is 1.95 bits per heavy atom. The predicted molar refractivity (Wildman–Crippen MR) is 83.6 cm³/mol. The summed E-state index contributed by atoms with van der Waals surface area (Å²) in [6.45, 7) is 10.5. The molecular formula is C17H33NO. The van der Waals surface area contributed by atoms with Crippen molar-refractivity contribution in [2.45, 2.75) is 84.3 Å². The first-order valence-electron chi connectivity index (χ1n) is 8.09. The van der Waals surface area contributed by atoms with Crippen LogP contribution in [0.15, 0.2) is 11.6 Å². The molecule has 1 N–H and O–H groups in total. The van der Waals surface area contributed by atoms with Crippen molar-refractivity contribution < 1.29 is 4.74 Å². The third kappa shape index (κ3) is 7.74. The lowest BCUT2D eigenvalue weighted by Crippen LogP contribution is -2.38. The molecule has 0 aromatic rings. The van der Waals surface area contributed by atoms with Gasteiger partial charge in [-0.05, 0) is 59.4 Å². The van der Waals surface area contributed by atoms with Crippen molar-refractivity contribution in [2.24, 2.45) is 0 Å². The van der Waals surface area contributed by atoms with Crippen LogP contribution in [0, 0.1) is 0 Å². The van der Waals surface area contributed by atoms with Crippen molar-refractivity contribution in [3.63, 3.8) is 0 Å². The first-order chi connectivity index (χ1) is 9.03. The maximum Gasteiger partial charge on any atom is 0.0665 e. The molecular weight excluding hydrogens is 234 g/mol. The van der Waals surface area contributed by atoms with Crippen molar-refractivity contribution in [3.8, 4) is 0 Å². The molecule has 0 spiro atoms. The van der Waals surface area contributed by atoms with E-state index in [1.54, 1.807) is 5.57 Å². The van der Waals surface area contributed by atoms with E-state index in [1.807, 2.05) is 0 Å². The quantitative estimate of drug-likeness (QED) is 0.718. The van der Waals surface area contributed by atoms with Crippen LogP contribution in [0.3, 0.4) is 0 Å². The number of ether oxygens (including phenoxy) is 1. The van der Waals surface area contributed by atoms with Crippen LogP contribution in [0.5, 0.6) is 0 Å². The normalized spacial score (nSPS) is 19.5. The highest BCUT2D eigenvalue weighted by molar-refractivity contribution is 5.12. The number of allylic oxidation sites excluding steroid dienone is 1. The van der Waals surface area contributed by atoms with Gasteiger partial charge in [-0.3, -0.25) is 0 Å². The molecule has 0 saturated carbocycles. The predicted octanol–water partition coefficient (Wildman–Crippen LogP) is 4.45. The molecule has 0 saturated heterocycles. The maximum atomic E-state index is 6.01. The average Bonchev–Trinajstić information content (AvgIpc) is 2.29. The molecule has 0 radical (unpaired) electrons.